The zero-order valence-electron chi connectivity index (χ0n) is 19.0. The van der Waals surface area contributed by atoms with Crippen LogP contribution in [0.3, 0.4) is 0 Å². The Kier molecular flexibility index (Phi) is 13.1. The van der Waals surface area contributed by atoms with Gasteiger partial charge in [-0.05, 0) is 57.0 Å². The van der Waals surface area contributed by atoms with Crippen LogP contribution in [0, 0.1) is 0 Å². The molecule has 2 N–H and O–H groups in total. The van der Waals surface area contributed by atoms with E-state index in [0.717, 1.165) is 23.5 Å². The Morgan fingerprint density at radius 3 is 2.28 bits per heavy atom. The molecule has 0 saturated heterocycles. The Morgan fingerprint density at radius 2 is 1.62 bits per heavy atom. The largest absolute Gasteiger partial charge is 0.490 e. The van der Waals surface area contributed by atoms with Gasteiger partial charge >= 0.3 is 0 Å². The number of nitrogens with zero attached hydrogens (tertiary/aromatic N) is 1. The molecule has 178 valence electrons. The summed E-state index contributed by atoms with van der Waals surface area (Å²) in [5.74, 6) is 2.05. The molecule has 9 heteroatoms. The first kappa shape index (κ1) is 28.0. The van der Waals surface area contributed by atoms with Crippen LogP contribution in [0.1, 0.15) is 26.3 Å². The lowest BCUT2D eigenvalue weighted by molar-refractivity contribution is 0.287. The number of guanidine groups is 1. The van der Waals surface area contributed by atoms with Crippen LogP contribution in [0.2, 0.25) is 0 Å². The monoisotopic (exact) mass is 575 g/mol. The van der Waals surface area contributed by atoms with E-state index in [1.165, 1.54) is 0 Å². The summed E-state index contributed by atoms with van der Waals surface area (Å²) >= 11 is 0. The van der Waals surface area contributed by atoms with Gasteiger partial charge in [0.25, 0.3) is 0 Å². The molecule has 0 fully saturated rings. The van der Waals surface area contributed by atoms with Crippen LogP contribution in [0.5, 0.6) is 11.5 Å². The summed E-state index contributed by atoms with van der Waals surface area (Å²) in [6.45, 7) is 8.55. The molecule has 0 radical (unpaired) electrons. The molecule has 0 spiro atoms. The smallest absolute Gasteiger partial charge is 0.191 e. The van der Waals surface area contributed by atoms with Crippen LogP contribution in [-0.2, 0) is 16.3 Å². The quantitative estimate of drug-likeness (QED) is 0.228. The van der Waals surface area contributed by atoms with Crippen LogP contribution in [-0.4, -0.2) is 53.0 Å². The number of sulfone groups is 1. The second-order valence-electron chi connectivity index (χ2n) is 6.72. The number of halogens is 1. The molecular weight excluding hydrogens is 541 g/mol. The van der Waals surface area contributed by atoms with Gasteiger partial charge in [-0.2, -0.15) is 0 Å². The molecule has 0 aliphatic rings. The minimum atomic E-state index is -3.34. The average molecular weight is 576 g/mol. The fourth-order valence-corrected chi connectivity index (χ4v) is 4.08. The molecule has 0 amide bonds. The molecule has 0 aromatic heterocycles. The van der Waals surface area contributed by atoms with E-state index < -0.39 is 9.84 Å². The summed E-state index contributed by atoms with van der Waals surface area (Å²) < 4.78 is 36.1. The number of aliphatic imine (C=N–C) groups is 1. The van der Waals surface area contributed by atoms with Crippen molar-refractivity contribution in [3.8, 4) is 11.5 Å². The van der Waals surface area contributed by atoms with Crippen molar-refractivity contribution in [1.82, 2.24) is 10.6 Å². The lowest BCUT2D eigenvalue weighted by Gasteiger charge is -2.14. The van der Waals surface area contributed by atoms with Gasteiger partial charge in [0.2, 0.25) is 0 Å². The van der Waals surface area contributed by atoms with Crippen molar-refractivity contribution in [1.29, 1.82) is 0 Å². The van der Waals surface area contributed by atoms with Gasteiger partial charge in [-0.1, -0.05) is 24.3 Å². The number of hydrogen-bond acceptors (Lipinski definition) is 5. The predicted octanol–water partition coefficient (Wildman–Crippen LogP) is 3.67. The van der Waals surface area contributed by atoms with Crippen LogP contribution in [0.15, 0.2) is 58.4 Å². The molecule has 0 saturated carbocycles. The highest BCUT2D eigenvalue weighted by atomic mass is 127. The third-order valence-electron chi connectivity index (χ3n) is 4.39. The van der Waals surface area contributed by atoms with Crippen molar-refractivity contribution in [2.45, 2.75) is 32.1 Å². The van der Waals surface area contributed by atoms with Crippen molar-refractivity contribution in [3.63, 3.8) is 0 Å². The normalized spacial score (nSPS) is 11.4. The highest BCUT2D eigenvalue weighted by Crippen LogP contribution is 2.28. The van der Waals surface area contributed by atoms with Gasteiger partial charge in [0.1, 0.15) is 0 Å². The van der Waals surface area contributed by atoms with Gasteiger partial charge < -0.3 is 20.1 Å². The summed E-state index contributed by atoms with van der Waals surface area (Å²) in [6, 6.07) is 14.4. The summed E-state index contributed by atoms with van der Waals surface area (Å²) in [7, 11) is -3.34. The summed E-state index contributed by atoms with van der Waals surface area (Å²) in [6.07, 6.45) is 0.763. The van der Waals surface area contributed by atoms with Gasteiger partial charge in [0.05, 0.1) is 30.4 Å². The maximum atomic E-state index is 12.4. The first-order chi connectivity index (χ1) is 15.0. The van der Waals surface area contributed by atoms with Crippen molar-refractivity contribution in [2.24, 2.45) is 4.99 Å². The van der Waals surface area contributed by atoms with Crippen LogP contribution < -0.4 is 20.1 Å². The van der Waals surface area contributed by atoms with E-state index in [4.69, 9.17) is 9.47 Å². The third kappa shape index (κ3) is 9.23. The molecule has 0 atom stereocenters. The van der Waals surface area contributed by atoms with E-state index in [1.54, 1.807) is 30.3 Å². The minimum absolute atomic E-state index is 0. The maximum Gasteiger partial charge on any atom is 0.191 e. The van der Waals surface area contributed by atoms with Gasteiger partial charge in [0, 0.05) is 13.1 Å². The fourth-order valence-electron chi connectivity index (χ4n) is 2.94. The number of benzene rings is 2. The van der Waals surface area contributed by atoms with Crippen LogP contribution in [0.25, 0.3) is 0 Å². The number of nitrogens with one attached hydrogen (secondary N) is 2. The zero-order chi connectivity index (χ0) is 22.5. The lowest BCUT2D eigenvalue weighted by atomic mass is 10.1. The van der Waals surface area contributed by atoms with E-state index in [0.29, 0.717) is 37.2 Å². The summed E-state index contributed by atoms with van der Waals surface area (Å²) in [5, 5.41) is 6.41. The molecule has 2 aromatic rings. The highest BCUT2D eigenvalue weighted by molar-refractivity contribution is 14.0. The van der Waals surface area contributed by atoms with E-state index in [9.17, 15) is 8.42 Å². The van der Waals surface area contributed by atoms with E-state index in [-0.39, 0.29) is 36.3 Å². The summed E-state index contributed by atoms with van der Waals surface area (Å²) in [5.41, 5.74) is 1.11. The topological polar surface area (TPSA) is 89.0 Å². The highest BCUT2D eigenvalue weighted by Gasteiger charge is 2.13. The van der Waals surface area contributed by atoms with Gasteiger partial charge in [-0.15, -0.1) is 24.0 Å². The molecule has 0 aliphatic carbocycles. The Hall–Kier alpha value is -2.01. The number of rotatable bonds is 12. The maximum absolute atomic E-state index is 12.4. The number of hydrogen-bond donors (Lipinski definition) is 2. The predicted molar refractivity (Wildman–Crippen MR) is 140 cm³/mol. The standard InChI is InChI=1S/C23H33N3O4S.HI/c1-4-24-23(26-16-17-31(27,28)20-10-8-7-9-11-20)25-15-14-19-12-13-21(29-5-2)22(18-19)30-6-3;/h7-13,18H,4-6,14-17H2,1-3H3,(H2,24,25,26);1H. The first-order valence-corrected chi connectivity index (χ1v) is 12.3. The first-order valence-electron chi connectivity index (χ1n) is 10.7. The Balaban J connectivity index is 0.00000512. The van der Waals surface area contributed by atoms with E-state index in [2.05, 4.69) is 15.6 Å². The van der Waals surface area contributed by atoms with Crippen molar-refractivity contribution in [3.05, 3.63) is 54.1 Å². The van der Waals surface area contributed by atoms with Crippen molar-refractivity contribution in [2.75, 3.05) is 38.6 Å². The summed E-state index contributed by atoms with van der Waals surface area (Å²) in [4.78, 5) is 4.73. The lowest BCUT2D eigenvalue weighted by Crippen LogP contribution is -2.38. The van der Waals surface area contributed by atoms with Gasteiger partial charge in [0.15, 0.2) is 27.3 Å². The van der Waals surface area contributed by atoms with E-state index >= 15 is 0 Å². The van der Waals surface area contributed by atoms with Gasteiger partial charge in [-0.3, -0.25) is 4.99 Å². The molecule has 0 unspecified atom stereocenters. The molecule has 0 bridgehead atoms. The third-order valence-corrected chi connectivity index (χ3v) is 6.10. The second kappa shape index (κ2) is 14.9. The molecule has 0 heterocycles. The van der Waals surface area contributed by atoms with Crippen molar-refractivity contribution < 1.29 is 17.9 Å². The SMILES string of the molecule is CCNC(=NCCS(=O)(=O)c1ccccc1)NCCc1ccc(OCC)c(OCC)c1.I. The minimum Gasteiger partial charge on any atom is -0.490 e. The van der Waals surface area contributed by atoms with Gasteiger partial charge in [-0.25, -0.2) is 8.42 Å². The van der Waals surface area contributed by atoms with Crippen LogP contribution >= 0.6 is 24.0 Å². The molecule has 32 heavy (non-hydrogen) atoms. The average Bonchev–Trinajstić information content (AvgIpc) is 2.76. The van der Waals surface area contributed by atoms with Crippen LogP contribution in [0.4, 0.5) is 0 Å². The second-order valence-corrected chi connectivity index (χ2v) is 8.83. The molecular formula is C23H34IN3O4S. The Labute approximate surface area is 208 Å². The molecule has 2 rings (SSSR count). The Bertz CT molecular complexity index is 938. The molecule has 0 aliphatic heterocycles. The van der Waals surface area contributed by atoms with Crippen molar-refractivity contribution >= 4 is 39.8 Å². The zero-order valence-corrected chi connectivity index (χ0v) is 22.1. The molecule has 7 nitrogen and oxygen atoms in total. The van der Waals surface area contributed by atoms with E-state index in [1.807, 2.05) is 39.0 Å². The fraction of sp³-hybridized carbons (Fsp3) is 0.435. The number of ether oxygens (including phenoxy) is 2. The molecule has 2 aromatic carbocycles. The Morgan fingerprint density at radius 1 is 0.938 bits per heavy atom.